The molecule has 0 aliphatic heterocycles. The van der Waals surface area contributed by atoms with Crippen molar-refractivity contribution in [1.82, 2.24) is 5.32 Å². The van der Waals surface area contributed by atoms with Crippen LogP contribution in [0.15, 0.2) is 48.5 Å². The summed E-state index contributed by atoms with van der Waals surface area (Å²) in [6.07, 6.45) is -1.09. The summed E-state index contributed by atoms with van der Waals surface area (Å²) in [5.74, 6) is -1.59. The molecule has 2 aromatic carbocycles. The van der Waals surface area contributed by atoms with Crippen molar-refractivity contribution in [2.75, 3.05) is 19.0 Å². The van der Waals surface area contributed by atoms with Gasteiger partial charge in [0.15, 0.2) is 11.9 Å². The lowest BCUT2D eigenvalue weighted by atomic mass is 10.1. The number of rotatable bonds is 8. The van der Waals surface area contributed by atoms with Crippen molar-refractivity contribution < 1.29 is 28.7 Å². The number of carbonyl (C=O) groups excluding carboxylic acids is 4. The van der Waals surface area contributed by atoms with E-state index in [-0.39, 0.29) is 11.3 Å². The van der Waals surface area contributed by atoms with E-state index < -0.39 is 30.4 Å². The molecule has 0 aromatic heterocycles. The monoisotopic (exact) mass is 398 g/mol. The van der Waals surface area contributed by atoms with Crippen LogP contribution in [0.2, 0.25) is 0 Å². The Hall–Kier alpha value is -3.68. The number of ether oxygens (including phenoxy) is 2. The maximum Gasteiger partial charge on any atom is 0.326 e. The van der Waals surface area contributed by atoms with Crippen LogP contribution in [0.4, 0.5) is 5.69 Å². The van der Waals surface area contributed by atoms with Crippen molar-refractivity contribution in [1.29, 1.82) is 0 Å². The standard InChI is InChI=1S/C21H22N2O6/c1-13(24)15-7-6-8-16(11-15)23-20(26)14(2)29-19(25)12-22-21(27)17-9-4-5-10-18(17)28-3/h4-11,14H,12H2,1-3H3,(H,22,27)(H,23,26)/t14-/m0/s1. The SMILES string of the molecule is COc1ccccc1C(=O)NCC(=O)O[C@@H](C)C(=O)Nc1cccc(C(C)=O)c1. The number of nitrogens with one attached hydrogen (secondary N) is 2. The molecular weight excluding hydrogens is 376 g/mol. The molecule has 0 aliphatic carbocycles. The second kappa shape index (κ2) is 10.0. The fraction of sp³-hybridized carbons (Fsp3) is 0.238. The maximum absolute atomic E-state index is 12.2. The van der Waals surface area contributed by atoms with Crippen LogP contribution in [0.3, 0.4) is 0 Å². The number of anilines is 1. The normalized spacial score (nSPS) is 11.1. The highest BCUT2D eigenvalue weighted by molar-refractivity contribution is 6.00. The van der Waals surface area contributed by atoms with E-state index in [4.69, 9.17) is 9.47 Å². The summed E-state index contributed by atoms with van der Waals surface area (Å²) >= 11 is 0. The van der Waals surface area contributed by atoms with Crippen LogP contribution >= 0.6 is 0 Å². The van der Waals surface area contributed by atoms with Crippen LogP contribution in [-0.2, 0) is 14.3 Å². The molecule has 8 heteroatoms. The summed E-state index contributed by atoms with van der Waals surface area (Å²) in [5, 5.41) is 5.00. The van der Waals surface area contributed by atoms with Gasteiger partial charge in [0.05, 0.1) is 12.7 Å². The highest BCUT2D eigenvalue weighted by Crippen LogP contribution is 2.16. The lowest BCUT2D eigenvalue weighted by molar-refractivity contribution is -0.152. The van der Waals surface area contributed by atoms with Crippen LogP contribution in [0.1, 0.15) is 34.6 Å². The van der Waals surface area contributed by atoms with E-state index >= 15 is 0 Å². The third-order valence-corrected chi connectivity index (χ3v) is 3.96. The van der Waals surface area contributed by atoms with Crippen LogP contribution < -0.4 is 15.4 Å². The number of amides is 2. The number of hydrogen-bond donors (Lipinski definition) is 2. The Bertz CT molecular complexity index is 925. The van der Waals surface area contributed by atoms with Gasteiger partial charge >= 0.3 is 5.97 Å². The van der Waals surface area contributed by atoms with Gasteiger partial charge in [-0.3, -0.25) is 19.2 Å². The zero-order valence-electron chi connectivity index (χ0n) is 16.4. The van der Waals surface area contributed by atoms with E-state index in [1.54, 1.807) is 42.5 Å². The average molecular weight is 398 g/mol. The molecular formula is C21H22N2O6. The quantitative estimate of drug-likeness (QED) is 0.521. The van der Waals surface area contributed by atoms with Gasteiger partial charge in [0.2, 0.25) is 0 Å². The summed E-state index contributed by atoms with van der Waals surface area (Å²) in [4.78, 5) is 47.7. The minimum atomic E-state index is -1.09. The number of ketones is 1. The van der Waals surface area contributed by atoms with Gasteiger partial charge in [-0.2, -0.15) is 0 Å². The third-order valence-electron chi connectivity index (χ3n) is 3.96. The minimum absolute atomic E-state index is 0.133. The van der Waals surface area contributed by atoms with Gasteiger partial charge in [-0.15, -0.1) is 0 Å². The molecule has 0 unspecified atom stereocenters. The molecule has 0 fully saturated rings. The fourth-order valence-corrected chi connectivity index (χ4v) is 2.43. The summed E-state index contributed by atoms with van der Waals surface area (Å²) in [5.41, 5.74) is 1.14. The predicted octanol–water partition coefficient (Wildman–Crippen LogP) is 2.20. The fourth-order valence-electron chi connectivity index (χ4n) is 2.43. The Labute approximate surface area is 168 Å². The van der Waals surface area contributed by atoms with Crippen molar-refractivity contribution in [2.24, 2.45) is 0 Å². The first-order chi connectivity index (χ1) is 13.8. The topological polar surface area (TPSA) is 111 Å². The number of para-hydroxylation sites is 1. The highest BCUT2D eigenvalue weighted by Gasteiger charge is 2.19. The van der Waals surface area contributed by atoms with Gasteiger partial charge in [-0.25, -0.2) is 0 Å². The molecule has 29 heavy (non-hydrogen) atoms. The van der Waals surface area contributed by atoms with Gasteiger partial charge in [0.25, 0.3) is 11.8 Å². The Balaban J connectivity index is 1.86. The average Bonchev–Trinajstić information content (AvgIpc) is 2.72. The number of methoxy groups -OCH3 is 1. The Morgan fingerprint density at radius 1 is 1.03 bits per heavy atom. The molecule has 0 heterocycles. The zero-order valence-corrected chi connectivity index (χ0v) is 16.4. The first-order valence-electron chi connectivity index (χ1n) is 8.84. The molecule has 0 saturated carbocycles. The maximum atomic E-state index is 12.2. The van der Waals surface area contributed by atoms with Crippen molar-refractivity contribution >= 4 is 29.3 Å². The number of benzene rings is 2. The molecule has 1 atom stereocenters. The Morgan fingerprint density at radius 2 is 1.76 bits per heavy atom. The second-order valence-corrected chi connectivity index (χ2v) is 6.14. The predicted molar refractivity (Wildman–Crippen MR) is 106 cm³/mol. The van der Waals surface area contributed by atoms with E-state index in [0.29, 0.717) is 17.0 Å². The van der Waals surface area contributed by atoms with Gasteiger partial charge in [0.1, 0.15) is 12.3 Å². The van der Waals surface area contributed by atoms with E-state index in [1.165, 1.54) is 27.0 Å². The van der Waals surface area contributed by atoms with Gasteiger partial charge in [-0.05, 0) is 38.1 Å². The van der Waals surface area contributed by atoms with Crippen molar-refractivity contribution in [3.05, 3.63) is 59.7 Å². The molecule has 2 N–H and O–H groups in total. The molecule has 2 rings (SSSR count). The molecule has 0 radical (unpaired) electrons. The number of carbonyl (C=O) groups is 4. The van der Waals surface area contributed by atoms with Crippen LogP contribution in [0, 0.1) is 0 Å². The summed E-state index contributed by atoms with van der Waals surface area (Å²) < 4.78 is 10.1. The summed E-state index contributed by atoms with van der Waals surface area (Å²) in [6.45, 7) is 2.42. The molecule has 2 aromatic rings. The second-order valence-electron chi connectivity index (χ2n) is 6.14. The van der Waals surface area contributed by atoms with Gasteiger partial charge in [-0.1, -0.05) is 24.3 Å². The van der Waals surface area contributed by atoms with Crippen molar-refractivity contribution in [3.8, 4) is 5.75 Å². The first-order valence-corrected chi connectivity index (χ1v) is 8.84. The molecule has 0 aliphatic rings. The highest BCUT2D eigenvalue weighted by atomic mass is 16.5. The van der Waals surface area contributed by atoms with Gasteiger partial charge < -0.3 is 20.1 Å². The lowest BCUT2D eigenvalue weighted by Crippen LogP contribution is -2.36. The smallest absolute Gasteiger partial charge is 0.326 e. The van der Waals surface area contributed by atoms with Gasteiger partial charge in [0, 0.05) is 11.3 Å². The van der Waals surface area contributed by atoms with Crippen LogP contribution in [0.5, 0.6) is 5.75 Å². The van der Waals surface area contributed by atoms with E-state index in [2.05, 4.69) is 10.6 Å². The molecule has 0 bridgehead atoms. The van der Waals surface area contributed by atoms with E-state index in [1.807, 2.05) is 0 Å². The summed E-state index contributed by atoms with van der Waals surface area (Å²) in [6, 6.07) is 13.0. The summed E-state index contributed by atoms with van der Waals surface area (Å²) in [7, 11) is 1.44. The number of hydrogen-bond acceptors (Lipinski definition) is 6. The molecule has 2 amide bonds. The number of Topliss-reactive ketones (excluding diaryl/α,β-unsaturated/α-hetero) is 1. The molecule has 152 valence electrons. The van der Waals surface area contributed by atoms with Crippen LogP contribution in [0.25, 0.3) is 0 Å². The van der Waals surface area contributed by atoms with E-state index in [0.717, 1.165) is 0 Å². The first kappa shape index (κ1) is 21.6. The minimum Gasteiger partial charge on any atom is -0.496 e. The number of esters is 1. The lowest BCUT2D eigenvalue weighted by Gasteiger charge is -2.14. The Morgan fingerprint density at radius 3 is 2.45 bits per heavy atom. The Kier molecular flexibility index (Phi) is 7.47. The molecule has 0 saturated heterocycles. The largest absolute Gasteiger partial charge is 0.496 e. The van der Waals surface area contributed by atoms with E-state index in [9.17, 15) is 19.2 Å². The zero-order chi connectivity index (χ0) is 21.4. The van der Waals surface area contributed by atoms with Crippen molar-refractivity contribution in [3.63, 3.8) is 0 Å². The third kappa shape index (κ3) is 6.17. The molecule has 8 nitrogen and oxygen atoms in total. The molecule has 0 spiro atoms. The van der Waals surface area contributed by atoms with Crippen LogP contribution in [-0.4, -0.2) is 43.3 Å². The van der Waals surface area contributed by atoms with Crippen molar-refractivity contribution in [2.45, 2.75) is 20.0 Å².